The van der Waals surface area contributed by atoms with Crippen molar-refractivity contribution in [2.45, 2.75) is 0 Å². The summed E-state index contributed by atoms with van der Waals surface area (Å²) < 4.78 is 4.68. The molecule has 0 atom stereocenters. The largest absolute Gasteiger partial charge is 0.465 e. The lowest BCUT2D eigenvalue weighted by Gasteiger charge is -2.10. The van der Waals surface area contributed by atoms with Gasteiger partial charge in [0.05, 0.1) is 19.0 Å². The number of nitrogen functional groups attached to an aromatic ring is 1. The molecule has 1 aromatic heterocycles. The zero-order valence-corrected chi connectivity index (χ0v) is 11.3. The Morgan fingerprint density at radius 2 is 1.90 bits per heavy atom. The van der Waals surface area contributed by atoms with Gasteiger partial charge >= 0.3 is 5.97 Å². The molecule has 0 bridgehead atoms. The number of nitrogens with zero attached hydrogens (tertiary/aromatic N) is 1. The second kappa shape index (κ2) is 5.91. The molecule has 1 aromatic carbocycles. The molecule has 108 valence electrons. The van der Waals surface area contributed by atoms with Crippen LogP contribution in [-0.4, -0.2) is 24.0 Å². The van der Waals surface area contributed by atoms with Gasteiger partial charge in [-0.1, -0.05) is 0 Å². The van der Waals surface area contributed by atoms with Crippen molar-refractivity contribution in [3.8, 4) is 0 Å². The SMILES string of the molecule is COC(=O)c1cc(N)cnc1Nc1ccc(C(N)=O)cc1. The highest BCUT2D eigenvalue weighted by molar-refractivity contribution is 5.96. The van der Waals surface area contributed by atoms with Crippen molar-refractivity contribution in [3.05, 3.63) is 47.7 Å². The first-order chi connectivity index (χ1) is 10.0. The van der Waals surface area contributed by atoms with Gasteiger partial charge in [0.25, 0.3) is 0 Å². The number of anilines is 3. The van der Waals surface area contributed by atoms with Gasteiger partial charge in [-0.05, 0) is 30.3 Å². The predicted octanol–water partition coefficient (Wildman–Crippen LogP) is 1.29. The summed E-state index contributed by atoms with van der Waals surface area (Å²) in [6, 6.07) is 7.91. The predicted molar refractivity (Wildman–Crippen MR) is 78.2 cm³/mol. The Balaban J connectivity index is 2.30. The molecule has 0 radical (unpaired) electrons. The van der Waals surface area contributed by atoms with Crippen LogP contribution in [0.5, 0.6) is 0 Å². The van der Waals surface area contributed by atoms with Crippen LogP contribution in [-0.2, 0) is 4.74 Å². The fourth-order valence-electron chi connectivity index (χ4n) is 1.70. The van der Waals surface area contributed by atoms with Crippen molar-refractivity contribution in [1.82, 2.24) is 4.98 Å². The molecule has 0 aliphatic heterocycles. The fraction of sp³-hybridized carbons (Fsp3) is 0.0714. The Morgan fingerprint density at radius 1 is 1.24 bits per heavy atom. The molecule has 0 fully saturated rings. The highest BCUT2D eigenvalue weighted by Gasteiger charge is 2.14. The molecule has 0 aliphatic rings. The van der Waals surface area contributed by atoms with E-state index in [1.165, 1.54) is 19.4 Å². The van der Waals surface area contributed by atoms with Gasteiger partial charge < -0.3 is 21.5 Å². The zero-order valence-electron chi connectivity index (χ0n) is 11.3. The zero-order chi connectivity index (χ0) is 15.4. The maximum atomic E-state index is 11.7. The van der Waals surface area contributed by atoms with E-state index in [1.54, 1.807) is 24.3 Å². The van der Waals surface area contributed by atoms with Crippen LogP contribution in [0.25, 0.3) is 0 Å². The second-order valence-corrected chi connectivity index (χ2v) is 4.22. The second-order valence-electron chi connectivity index (χ2n) is 4.22. The van der Waals surface area contributed by atoms with E-state index in [0.717, 1.165) is 0 Å². The lowest BCUT2D eigenvalue weighted by Crippen LogP contribution is -2.11. The highest BCUT2D eigenvalue weighted by Crippen LogP contribution is 2.21. The van der Waals surface area contributed by atoms with Gasteiger partial charge in [-0.3, -0.25) is 4.79 Å². The smallest absolute Gasteiger partial charge is 0.341 e. The van der Waals surface area contributed by atoms with Crippen molar-refractivity contribution >= 4 is 29.1 Å². The van der Waals surface area contributed by atoms with E-state index >= 15 is 0 Å². The standard InChI is InChI=1S/C14H14N4O3/c1-21-14(20)11-6-9(15)7-17-13(11)18-10-4-2-8(3-5-10)12(16)19/h2-7H,15H2,1H3,(H2,16,19)(H,17,18). The minimum absolute atomic E-state index is 0.219. The normalized spacial score (nSPS) is 9.95. The van der Waals surface area contributed by atoms with Crippen molar-refractivity contribution < 1.29 is 14.3 Å². The molecule has 0 saturated carbocycles. The number of hydrogen-bond acceptors (Lipinski definition) is 6. The number of carbonyl (C=O) groups excluding carboxylic acids is 2. The third-order valence-electron chi connectivity index (χ3n) is 2.75. The van der Waals surface area contributed by atoms with Crippen molar-refractivity contribution in [1.29, 1.82) is 0 Å². The molecular weight excluding hydrogens is 272 g/mol. The summed E-state index contributed by atoms with van der Waals surface area (Å²) >= 11 is 0. The lowest BCUT2D eigenvalue weighted by molar-refractivity contribution is 0.0601. The van der Waals surface area contributed by atoms with Gasteiger partial charge in [-0.15, -0.1) is 0 Å². The van der Waals surface area contributed by atoms with Crippen LogP contribution in [0.2, 0.25) is 0 Å². The molecule has 7 heteroatoms. The highest BCUT2D eigenvalue weighted by atomic mass is 16.5. The van der Waals surface area contributed by atoms with E-state index in [9.17, 15) is 9.59 Å². The van der Waals surface area contributed by atoms with E-state index in [1.807, 2.05) is 0 Å². The van der Waals surface area contributed by atoms with Crippen molar-refractivity contribution in [2.75, 3.05) is 18.2 Å². The molecule has 7 nitrogen and oxygen atoms in total. The summed E-state index contributed by atoms with van der Waals surface area (Å²) in [5.41, 5.74) is 12.4. The van der Waals surface area contributed by atoms with Crippen LogP contribution >= 0.6 is 0 Å². The average molecular weight is 286 g/mol. The van der Waals surface area contributed by atoms with Gasteiger partial charge in [-0.2, -0.15) is 0 Å². The summed E-state index contributed by atoms with van der Waals surface area (Å²) in [5, 5.41) is 2.96. The Kier molecular flexibility index (Phi) is 4.03. The number of amides is 1. The molecule has 2 rings (SSSR count). The summed E-state index contributed by atoms with van der Waals surface area (Å²) in [5.74, 6) is -0.753. The van der Waals surface area contributed by atoms with Gasteiger partial charge in [0.15, 0.2) is 0 Å². The number of pyridine rings is 1. The number of aromatic nitrogens is 1. The molecule has 0 saturated heterocycles. The van der Waals surface area contributed by atoms with E-state index < -0.39 is 11.9 Å². The summed E-state index contributed by atoms with van der Waals surface area (Å²) in [4.78, 5) is 26.8. The topological polar surface area (TPSA) is 120 Å². The van der Waals surface area contributed by atoms with Gasteiger partial charge in [0, 0.05) is 11.3 Å². The third kappa shape index (κ3) is 3.27. The number of esters is 1. The van der Waals surface area contributed by atoms with Crippen LogP contribution in [0.3, 0.4) is 0 Å². The van der Waals surface area contributed by atoms with E-state index in [2.05, 4.69) is 15.0 Å². The number of rotatable bonds is 4. The molecule has 1 heterocycles. The van der Waals surface area contributed by atoms with E-state index in [0.29, 0.717) is 22.8 Å². The molecule has 1 amide bonds. The fourth-order valence-corrected chi connectivity index (χ4v) is 1.70. The molecule has 2 aromatic rings. The summed E-state index contributed by atoms with van der Waals surface area (Å²) in [6.45, 7) is 0. The molecule has 0 spiro atoms. The molecule has 5 N–H and O–H groups in total. The first-order valence-corrected chi connectivity index (χ1v) is 6.02. The van der Waals surface area contributed by atoms with Crippen molar-refractivity contribution in [2.24, 2.45) is 5.73 Å². The Labute approximate surface area is 120 Å². The van der Waals surface area contributed by atoms with Crippen LogP contribution in [0, 0.1) is 0 Å². The van der Waals surface area contributed by atoms with Gasteiger partial charge in [-0.25, -0.2) is 9.78 Å². The molecule has 21 heavy (non-hydrogen) atoms. The summed E-state index contributed by atoms with van der Waals surface area (Å²) in [7, 11) is 1.27. The number of nitrogens with two attached hydrogens (primary N) is 2. The van der Waals surface area contributed by atoms with E-state index in [-0.39, 0.29) is 5.56 Å². The van der Waals surface area contributed by atoms with Crippen LogP contribution in [0.4, 0.5) is 17.2 Å². The lowest BCUT2D eigenvalue weighted by atomic mass is 10.2. The monoisotopic (exact) mass is 286 g/mol. The minimum atomic E-state index is -0.550. The number of carbonyl (C=O) groups is 2. The first kappa shape index (κ1) is 14.3. The summed E-state index contributed by atoms with van der Waals surface area (Å²) in [6.07, 6.45) is 1.42. The van der Waals surface area contributed by atoms with Crippen LogP contribution in [0.15, 0.2) is 36.5 Å². The van der Waals surface area contributed by atoms with Gasteiger partial charge in [0.2, 0.25) is 5.91 Å². The average Bonchev–Trinajstić information content (AvgIpc) is 2.48. The molecule has 0 unspecified atom stereocenters. The van der Waals surface area contributed by atoms with Gasteiger partial charge in [0.1, 0.15) is 11.4 Å². The maximum absolute atomic E-state index is 11.7. The Hall–Kier alpha value is -3.09. The minimum Gasteiger partial charge on any atom is -0.465 e. The Morgan fingerprint density at radius 3 is 2.48 bits per heavy atom. The first-order valence-electron chi connectivity index (χ1n) is 6.02. The van der Waals surface area contributed by atoms with Crippen molar-refractivity contribution in [3.63, 3.8) is 0 Å². The number of benzene rings is 1. The molecule has 0 aliphatic carbocycles. The van der Waals surface area contributed by atoms with Crippen LogP contribution in [0.1, 0.15) is 20.7 Å². The third-order valence-corrected chi connectivity index (χ3v) is 2.75. The quantitative estimate of drug-likeness (QED) is 0.728. The maximum Gasteiger partial charge on any atom is 0.341 e. The van der Waals surface area contributed by atoms with Crippen LogP contribution < -0.4 is 16.8 Å². The number of hydrogen-bond donors (Lipinski definition) is 3. The molecular formula is C14H14N4O3. The number of primary amides is 1. The number of nitrogens with one attached hydrogen (secondary N) is 1. The number of methoxy groups -OCH3 is 1. The Bertz CT molecular complexity index is 683. The van der Waals surface area contributed by atoms with E-state index in [4.69, 9.17) is 11.5 Å². The number of ether oxygens (including phenoxy) is 1.